The molecule has 5 rings (SSSR count). The maximum absolute atomic E-state index is 13.7. The van der Waals surface area contributed by atoms with Gasteiger partial charge in [-0.1, -0.05) is 38.1 Å². The van der Waals surface area contributed by atoms with Crippen molar-refractivity contribution in [1.29, 1.82) is 0 Å². The van der Waals surface area contributed by atoms with Crippen LogP contribution in [0.15, 0.2) is 94.8 Å². The Labute approximate surface area is 249 Å². The van der Waals surface area contributed by atoms with Crippen LogP contribution in [0.4, 0.5) is 0 Å². The van der Waals surface area contributed by atoms with E-state index in [1.165, 1.54) is 4.68 Å². The molecule has 8 heteroatoms. The number of nitrogens with zero attached hydrogens (tertiary/aromatic N) is 3. The lowest BCUT2D eigenvalue weighted by atomic mass is 9.96. The van der Waals surface area contributed by atoms with E-state index in [9.17, 15) is 9.59 Å². The van der Waals surface area contributed by atoms with Gasteiger partial charge in [0.25, 0.3) is 5.56 Å². The summed E-state index contributed by atoms with van der Waals surface area (Å²) in [7, 11) is 0. The van der Waals surface area contributed by atoms with Gasteiger partial charge in [-0.05, 0) is 103 Å². The number of carboxylic acid groups (broad SMARTS) is 1. The molecule has 0 aliphatic carbocycles. The van der Waals surface area contributed by atoms with E-state index in [1.54, 1.807) is 36.5 Å². The van der Waals surface area contributed by atoms with E-state index in [1.807, 2.05) is 62.4 Å². The van der Waals surface area contributed by atoms with Crippen LogP contribution in [0, 0.1) is 6.92 Å². The third-order valence-electron chi connectivity index (χ3n) is 7.08. The summed E-state index contributed by atoms with van der Waals surface area (Å²) in [5, 5.41) is 14.2. The van der Waals surface area contributed by atoms with Gasteiger partial charge in [0.2, 0.25) is 0 Å². The van der Waals surface area contributed by atoms with Gasteiger partial charge in [0, 0.05) is 5.56 Å². The zero-order valence-corrected chi connectivity index (χ0v) is 24.6. The van der Waals surface area contributed by atoms with Crippen LogP contribution in [0.1, 0.15) is 59.3 Å². The topological polar surface area (TPSA) is 103 Å². The smallest absolute Gasteiger partial charge is 0.335 e. The van der Waals surface area contributed by atoms with Crippen LogP contribution < -0.4 is 15.0 Å². The lowest BCUT2D eigenvalue weighted by Gasteiger charge is -2.18. The van der Waals surface area contributed by atoms with Crippen LogP contribution >= 0.6 is 0 Å². The molecule has 0 aliphatic rings. The molecule has 0 aliphatic heterocycles. The number of ether oxygens (including phenoxy) is 2. The molecule has 8 nitrogen and oxygen atoms in total. The Morgan fingerprint density at radius 1 is 1.00 bits per heavy atom. The average Bonchev–Trinajstić information content (AvgIpc) is 3.00. The minimum absolute atomic E-state index is 0.204. The molecule has 0 amide bonds. The van der Waals surface area contributed by atoms with E-state index in [4.69, 9.17) is 19.6 Å². The molecule has 218 valence electrons. The largest absolute Gasteiger partial charge is 0.494 e. The summed E-state index contributed by atoms with van der Waals surface area (Å²) in [5.41, 5.74) is 4.98. The molecule has 43 heavy (non-hydrogen) atoms. The maximum atomic E-state index is 13.7. The van der Waals surface area contributed by atoms with Gasteiger partial charge in [0.05, 0.1) is 29.3 Å². The van der Waals surface area contributed by atoms with Crippen molar-refractivity contribution in [2.24, 2.45) is 5.10 Å². The molecule has 4 aromatic carbocycles. The number of aromatic nitrogens is 2. The normalized spacial score (nSPS) is 11.4. The number of rotatable bonds is 10. The standard InChI is InChI=1S/C35H33N3O5/c1-5-42-32-18-23(4)30(19-29(32)22(2)3)33-37-31-9-7-6-8-28(31)34(39)38(33)36-20-24-12-16-27(17-13-24)43-21-25-10-14-26(15-11-25)35(40)41/h6-20,22H,5,21H2,1-4H3,(H,40,41). The highest BCUT2D eigenvalue weighted by atomic mass is 16.5. The first kappa shape index (κ1) is 29.3. The minimum Gasteiger partial charge on any atom is -0.494 e. The van der Waals surface area contributed by atoms with Crippen molar-refractivity contribution in [3.63, 3.8) is 0 Å². The van der Waals surface area contributed by atoms with Crippen molar-refractivity contribution >= 4 is 23.1 Å². The molecule has 1 aromatic heterocycles. The van der Waals surface area contributed by atoms with Crippen LogP contribution in [0.2, 0.25) is 0 Å². The fourth-order valence-corrected chi connectivity index (χ4v) is 4.76. The number of fused-ring (bicyclic) bond motifs is 1. The monoisotopic (exact) mass is 575 g/mol. The molecule has 0 fully saturated rings. The SMILES string of the molecule is CCOc1cc(C)c(-c2nc3ccccc3c(=O)n2N=Cc2ccc(OCc3ccc(C(=O)O)cc3)cc2)cc1C(C)C. The van der Waals surface area contributed by atoms with Crippen LogP contribution in [-0.4, -0.2) is 33.6 Å². The first-order valence-corrected chi connectivity index (χ1v) is 14.1. The molecular weight excluding hydrogens is 542 g/mol. The summed E-state index contributed by atoms with van der Waals surface area (Å²) in [4.78, 5) is 29.7. The van der Waals surface area contributed by atoms with Crippen molar-refractivity contribution < 1.29 is 19.4 Å². The predicted molar refractivity (Wildman–Crippen MR) is 169 cm³/mol. The molecule has 5 aromatic rings. The number of benzene rings is 4. The number of hydrogen-bond donors (Lipinski definition) is 1. The number of para-hydroxylation sites is 1. The summed E-state index contributed by atoms with van der Waals surface area (Å²) in [6.45, 7) is 9.03. The van der Waals surface area contributed by atoms with Gasteiger partial charge >= 0.3 is 5.97 Å². The van der Waals surface area contributed by atoms with Crippen LogP contribution in [0.25, 0.3) is 22.3 Å². The number of aromatic carboxylic acids is 1. The van der Waals surface area contributed by atoms with Gasteiger partial charge in [-0.25, -0.2) is 9.78 Å². The number of carbonyl (C=O) groups is 1. The first-order valence-electron chi connectivity index (χ1n) is 14.1. The van der Waals surface area contributed by atoms with Crippen molar-refractivity contribution in [1.82, 2.24) is 9.66 Å². The lowest BCUT2D eigenvalue weighted by Crippen LogP contribution is -2.20. The Balaban J connectivity index is 1.46. The summed E-state index contributed by atoms with van der Waals surface area (Å²) in [6.07, 6.45) is 1.63. The Bertz CT molecular complexity index is 1860. The van der Waals surface area contributed by atoms with E-state index >= 15 is 0 Å². The Hall–Kier alpha value is -5.24. The second-order valence-electron chi connectivity index (χ2n) is 10.5. The molecular formula is C35H33N3O5. The Morgan fingerprint density at radius 3 is 2.40 bits per heavy atom. The van der Waals surface area contributed by atoms with Crippen LogP contribution in [-0.2, 0) is 6.61 Å². The number of carboxylic acids is 1. The van der Waals surface area contributed by atoms with Crippen molar-refractivity contribution in [2.45, 2.75) is 40.2 Å². The summed E-state index contributed by atoms with van der Waals surface area (Å²) >= 11 is 0. The van der Waals surface area contributed by atoms with E-state index < -0.39 is 5.97 Å². The first-order chi connectivity index (χ1) is 20.7. The van der Waals surface area contributed by atoms with Gasteiger partial charge in [-0.3, -0.25) is 4.79 Å². The average molecular weight is 576 g/mol. The van der Waals surface area contributed by atoms with Crippen LogP contribution in [0.5, 0.6) is 11.5 Å². The molecule has 0 atom stereocenters. The molecule has 0 unspecified atom stereocenters. The lowest BCUT2D eigenvalue weighted by molar-refractivity contribution is 0.0697. The van der Waals surface area contributed by atoms with E-state index in [0.717, 1.165) is 33.6 Å². The third-order valence-corrected chi connectivity index (χ3v) is 7.08. The van der Waals surface area contributed by atoms with Gasteiger partial charge in [-0.15, -0.1) is 0 Å². The highest BCUT2D eigenvalue weighted by Crippen LogP contribution is 2.34. The summed E-state index contributed by atoms with van der Waals surface area (Å²) in [6, 6.07) is 25.2. The van der Waals surface area contributed by atoms with Crippen molar-refractivity contribution in [2.75, 3.05) is 6.61 Å². The van der Waals surface area contributed by atoms with Gasteiger partial charge in [-0.2, -0.15) is 9.78 Å². The van der Waals surface area contributed by atoms with Gasteiger partial charge < -0.3 is 14.6 Å². The van der Waals surface area contributed by atoms with E-state index in [-0.39, 0.29) is 17.0 Å². The second kappa shape index (κ2) is 12.7. The molecule has 0 spiro atoms. The maximum Gasteiger partial charge on any atom is 0.335 e. The van der Waals surface area contributed by atoms with E-state index in [0.29, 0.717) is 35.7 Å². The van der Waals surface area contributed by atoms with Crippen molar-refractivity contribution in [3.05, 3.63) is 123 Å². The number of hydrogen-bond acceptors (Lipinski definition) is 6. The highest BCUT2D eigenvalue weighted by Gasteiger charge is 2.18. The van der Waals surface area contributed by atoms with Crippen LogP contribution in [0.3, 0.4) is 0 Å². The quantitative estimate of drug-likeness (QED) is 0.179. The van der Waals surface area contributed by atoms with Crippen molar-refractivity contribution in [3.8, 4) is 22.9 Å². The molecule has 1 N–H and O–H groups in total. The Kier molecular flexibility index (Phi) is 8.66. The molecule has 0 radical (unpaired) electrons. The molecule has 0 bridgehead atoms. The number of aryl methyl sites for hydroxylation is 1. The fourth-order valence-electron chi connectivity index (χ4n) is 4.76. The molecule has 1 heterocycles. The molecule has 0 saturated heterocycles. The zero-order chi connectivity index (χ0) is 30.5. The van der Waals surface area contributed by atoms with Gasteiger partial charge in [0.15, 0.2) is 5.82 Å². The summed E-state index contributed by atoms with van der Waals surface area (Å²) in [5.74, 6) is 1.17. The predicted octanol–water partition coefficient (Wildman–Crippen LogP) is 7.05. The third kappa shape index (κ3) is 6.48. The highest BCUT2D eigenvalue weighted by molar-refractivity contribution is 5.87. The van der Waals surface area contributed by atoms with Gasteiger partial charge in [0.1, 0.15) is 18.1 Å². The fraction of sp³-hybridized carbons (Fsp3) is 0.200. The Morgan fingerprint density at radius 2 is 1.72 bits per heavy atom. The minimum atomic E-state index is -0.964. The van der Waals surface area contributed by atoms with E-state index in [2.05, 4.69) is 25.0 Å². The summed E-state index contributed by atoms with van der Waals surface area (Å²) < 4.78 is 13.1. The zero-order valence-electron chi connectivity index (χ0n) is 24.6. The molecule has 0 saturated carbocycles. The second-order valence-corrected chi connectivity index (χ2v) is 10.5.